The van der Waals surface area contributed by atoms with E-state index in [0.717, 1.165) is 30.2 Å². The normalized spacial score (nSPS) is 22.9. The molecule has 1 heterocycles. The summed E-state index contributed by atoms with van der Waals surface area (Å²) in [5.74, 6) is 0.865. The Morgan fingerprint density at radius 3 is 2.88 bits per heavy atom. The molecule has 1 N–H and O–H groups in total. The van der Waals surface area contributed by atoms with E-state index in [4.69, 9.17) is 16.3 Å². The first-order valence-electron chi connectivity index (χ1n) is 5.96. The molecule has 1 aromatic carbocycles. The molecule has 1 aromatic rings. The van der Waals surface area contributed by atoms with Crippen molar-refractivity contribution in [1.29, 1.82) is 0 Å². The van der Waals surface area contributed by atoms with Gasteiger partial charge in [-0.1, -0.05) is 37.6 Å². The molecule has 2 unspecified atom stereocenters. The van der Waals surface area contributed by atoms with Crippen molar-refractivity contribution in [2.75, 3.05) is 6.54 Å². The van der Waals surface area contributed by atoms with Gasteiger partial charge in [0, 0.05) is 5.56 Å². The number of nitrogens with one attached hydrogen (secondary N) is 1. The number of halogens is 1. The van der Waals surface area contributed by atoms with Crippen molar-refractivity contribution in [3.05, 3.63) is 28.8 Å². The average molecular weight is 240 g/mol. The van der Waals surface area contributed by atoms with Gasteiger partial charge < -0.3 is 10.1 Å². The molecule has 1 aliphatic heterocycles. The lowest BCUT2D eigenvalue weighted by atomic mass is 10.0. The molecule has 0 spiro atoms. The van der Waals surface area contributed by atoms with Crippen LogP contribution >= 0.6 is 11.6 Å². The zero-order chi connectivity index (χ0) is 11.5. The summed E-state index contributed by atoms with van der Waals surface area (Å²) in [7, 11) is 0. The highest BCUT2D eigenvalue weighted by Gasteiger charge is 2.33. The number of benzene rings is 1. The van der Waals surface area contributed by atoms with Gasteiger partial charge in [0.1, 0.15) is 11.9 Å². The predicted molar refractivity (Wildman–Crippen MR) is 67.2 cm³/mol. The van der Waals surface area contributed by atoms with E-state index in [1.807, 2.05) is 12.1 Å². The molecule has 0 amide bonds. The minimum absolute atomic E-state index is 0.210. The second-order valence-electron chi connectivity index (χ2n) is 4.15. The lowest BCUT2D eigenvalue weighted by Gasteiger charge is -2.18. The van der Waals surface area contributed by atoms with Gasteiger partial charge in [0.15, 0.2) is 0 Å². The highest BCUT2D eigenvalue weighted by molar-refractivity contribution is 6.32. The van der Waals surface area contributed by atoms with Crippen molar-refractivity contribution in [2.24, 2.45) is 0 Å². The van der Waals surface area contributed by atoms with E-state index in [9.17, 15) is 0 Å². The van der Waals surface area contributed by atoms with Gasteiger partial charge in [-0.25, -0.2) is 0 Å². The highest BCUT2D eigenvalue weighted by Crippen LogP contribution is 2.42. The maximum absolute atomic E-state index is 6.14. The molecule has 0 bridgehead atoms. The van der Waals surface area contributed by atoms with Crippen LogP contribution in [0.25, 0.3) is 0 Å². The monoisotopic (exact) mass is 239 g/mol. The average Bonchev–Trinajstić information content (AvgIpc) is 2.66. The van der Waals surface area contributed by atoms with Crippen molar-refractivity contribution in [3.8, 4) is 5.75 Å². The van der Waals surface area contributed by atoms with Gasteiger partial charge >= 0.3 is 0 Å². The van der Waals surface area contributed by atoms with Crippen LogP contribution in [0, 0.1) is 0 Å². The minimum Gasteiger partial charge on any atom is -0.487 e. The van der Waals surface area contributed by atoms with Crippen molar-refractivity contribution >= 4 is 11.6 Å². The van der Waals surface area contributed by atoms with E-state index in [-0.39, 0.29) is 6.10 Å². The van der Waals surface area contributed by atoms with E-state index in [1.165, 1.54) is 5.56 Å². The van der Waals surface area contributed by atoms with Crippen LogP contribution in [0.5, 0.6) is 5.75 Å². The second-order valence-corrected chi connectivity index (χ2v) is 4.56. The molecule has 2 nitrogen and oxygen atoms in total. The Morgan fingerprint density at radius 1 is 1.38 bits per heavy atom. The Balaban J connectivity index is 2.26. The molecule has 16 heavy (non-hydrogen) atoms. The van der Waals surface area contributed by atoms with E-state index in [1.54, 1.807) is 0 Å². The first-order valence-corrected chi connectivity index (χ1v) is 6.34. The number of rotatable bonds is 4. The molecule has 0 saturated heterocycles. The first-order chi connectivity index (χ1) is 7.77. The fourth-order valence-corrected chi connectivity index (χ4v) is 2.40. The van der Waals surface area contributed by atoms with Crippen LogP contribution in [0.2, 0.25) is 5.02 Å². The molecular formula is C13H18ClNO. The fraction of sp³-hybridized carbons (Fsp3) is 0.538. The number of ether oxygens (including phenoxy) is 1. The second kappa shape index (κ2) is 5.07. The fourth-order valence-electron chi connectivity index (χ4n) is 2.17. The molecule has 0 fully saturated rings. The van der Waals surface area contributed by atoms with Crippen molar-refractivity contribution in [2.45, 2.75) is 38.8 Å². The Bertz CT molecular complexity index is 367. The van der Waals surface area contributed by atoms with E-state index in [2.05, 4.69) is 25.2 Å². The molecule has 0 radical (unpaired) electrons. The van der Waals surface area contributed by atoms with Crippen LogP contribution in [0.3, 0.4) is 0 Å². The smallest absolute Gasteiger partial charge is 0.143 e. The van der Waals surface area contributed by atoms with Crippen LogP contribution in [-0.2, 0) is 0 Å². The summed E-state index contributed by atoms with van der Waals surface area (Å²) >= 11 is 6.14. The summed E-state index contributed by atoms with van der Waals surface area (Å²) < 4.78 is 5.90. The molecule has 0 saturated carbocycles. The van der Waals surface area contributed by atoms with Gasteiger partial charge in [-0.3, -0.25) is 0 Å². The van der Waals surface area contributed by atoms with Crippen molar-refractivity contribution in [1.82, 2.24) is 5.32 Å². The number of fused-ring (bicyclic) bond motifs is 1. The lowest BCUT2D eigenvalue weighted by Crippen LogP contribution is -2.30. The standard InChI is InChI=1S/C13H18ClNO/c1-3-8-15-12-9-6-5-7-10(14)13(9)16-11(12)4-2/h5-7,11-12,15H,3-4,8H2,1-2H3. The van der Waals surface area contributed by atoms with Crippen LogP contribution in [-0.4, -0.2) is 12.6 Å². The van der Waals surface area contributed by atoms with Crippen LogP contribution in [0.15, 0.2) is 18.2 Å². The zero-order valence-electron chi connectivity index (χ0n) is 9.79. The summed E-state index contributed by atoms with van der Waals surface area (Å²) in [5, 5.41) is 4.25. The number of hydrogen-bond acceptors (Lipinski definition) is 2. The van der Waals surface area contributed by atoms with Gasteiger partial charge in [-0.05, 0) is 25.5 Å². The Morgan fingerprint density at radius 2 is 2.19 bits per heavy atom. The van der Waals surface area contributed by atoms with Gasteiger partial charge in [0.2, 0.25) is 0 Å². The Hall–Kier alpha value is -0.730. The first kappa shape index (κ1) is 11.7. The van der Waals surface area contributed by atoms with E-state index < -0.39 is 0 Å². The predicted octanol–water partition coefficient (Wildman–Crippen LogP) is 3.55. The molecule has 2 rings (SSSR count). The van der Waals surface area contributed by atoms with Crippen molar-refractivity contribution < 1.29 is 4.74 Å². The molecule has 0 aliphatic carbocycles. The summed E-state index contributed by atoms with van der Waals surface area (Å²) in [6, 6.07) is 6.27. The van der Waals surface area contributed by atoms with E-state index in [0.29, 0.717) is 6.04 Å². The maximum Gasteiger partial charge on any atom is 0.143 e. The zero-order valence-corrected chi connectivity index (χ0v) is 10.6. The Labute approximate surface area is 102 Å². The lowest BCUT2D eigenvalue weighted by molar-refractivity contribution is 0.185. The quantitative estimate of drug-likeness (QED) is 0.868. The minimum atomic E-state index is 0.210. The Kier molecular flexibility index (Phi) is 3.72. The number of hydrogen-bond donors (Lipinski definition) is 1. The third-order valence-electron chi connectivity index (χ3n) is 2.99. The summed E-state index contributed by atoms with van der Waals surface area (Å²) in [4.78, 5) is 0. The topological polar surface area (TPSA) is 21.3 Å². The van der Waals surface area contributed by atoms with E-state index >= 15 is 0 Å². The molecule has 3 heteroatoms. The maximum atomic E-state index is 6.14. The van der Waals surface area contributed by atoms with Gasteiger partial charge in [-0.2, -0.15) is 0 Å². The third kappa shape index (κ3) is 2.04. The SMILES string of the molecule is CCCNC1c2cccc(Cl)c2OC1CC. The van der Waals surface area contributed by atoms with Gasteiger partial charge in [0.05, 0.1) is 11.1 Å². The largest absolute Gasteiger partial charge is 0.487 e. The molecule has 2 atom stereocenters. The van der Waals surface area contributed by atoms with Crippen LogP contribution < -0.4 is 10.1 Å². The summed E-state index contributed by atoms with van der Waals surface area (Å²) in [5.41, 5.74) is 1.20. The summed E-state index contributed by atoms with van der Waals surface area (Å²) in [6.07, 6.45) is 2.33. The van der Waals surface area contributed by atoms with Gasteiger partial charge in [-0.15, -0.1) is 0 Å². The van der Waals surface area contributed by atoms with Crippen LogP contribution in [0.1, 0.15) is 38.3 Å². The molecule has 88 valence electrons. The van der Waals surface area contributed by atoms with Gasteiger partial charge in [0.25, 0.3) is 0 Å². The molecule has 0 aromatic heterocycles. The molecular weight excluding hydrogens is 222 g/mol. The third-order valence-corrected chi connectivity index (χ3v) is 3.29. The van der Waals surface area contributed by atoms with Crippen molar-refractivity contribution in [3.63, 3.8) is 0 Å². The highest BCUT2D eigenvalue weighted by atomic mass is 35.5. The number of para-hydroxylation sites is 1. The summed E-state index contributed by atoms with van der Waals surface area (Å²) in [6.45, 7) is 5.32. The van der Waals surface area contributed by atoms with Crippen LogP contribution in [0.4, 0.5) is 0 Å². The molecule has 1 aliphatic rings.